The number of aromatic nitrogens is 2. The lowest BCUT2D eigenvalue weighted by atomic mass is 9.71. The molecule has 3 heterocycles. The first kappa shape index (κ1) is 39.1. The summed E-state index contributed by atoms with van der Waals surface area (Å²) in [4.78, 5) is 37.6. The van der Waals surface area contributed by atoms with Gasteiger partial charge >= 0.3 is 5.97 Å². The summed E-state index contributed by atoms with van der Waals surface area (Å²) in [5.74, 6) is -0.892. The number of amides is 1. The van der Waals surface area contributed by atoms with Crippen molar-refractivity contribution in [3.63, 3.8) is 0 Å². The third-order valence-corrected chi connectivity index (χ3v) is 11.8. The number of anilines is 2. The van der Waals surface area contributed by atoms with Crippen molar-refractivity contribution in [2.45, 2.75) is 93.2 Å². The molecule has 1 saturated carbocycles. The summed E-state index contributed by atoms with van der Waals surface area (Å²) in [6.45, 7) is 18.0. The molecule has 2 aliphatic rings. The number of carbonyl (C=O) groups excluding carboxylic acids is 1. The summed E-state index contributed by atoms with van der Waals surface area (Å²) in [5.41, 5.74) is 5.01. The fourth-order valence-corrected chi connectivity index (χ4v) is 9.67. The van der Waals surface area contributed by atoms with E-state index in [0.29, 0.717) is 53.7 Å². The van der Waals surface area contributed by atoms with Gasteiger partial charge in [-0.25, -0.2) is 14.8 Å². The summed E-state index contributed by atoms with van der Waals surface area (Å²) in [6.07, 6.45) is 6.04. The molecule has 0 bridgehead atoms. The maximum absolute atomic E-state index is 13.6. The maximum atomic E-state index is 13.6. The van der Waals surface area contributed by atoms with Crippen molar-refractivity contribution in [1.82, 2.24) is 15.3 Å². The predicted molar refractivity (Wildman–Crippen MR) is 219 cm³/mol. The molecule has 3 unspecified atom stereocenters. The van der Waals surface area contributed by atoms with Gasteiger partial charge in [-0.3, -0.25) is 10.1 Å². The number of thiazole rings is 1. The van der Waals surface area contributed by atoms with Crippen LogP contribution in [0.5, 0.6) is 0 Å². The van der Waals surface area contributed by atoms with Crippen molar-refractivity contribution in [3.8, 4) is 0 Å². The van der Waals surface area contributed by atoms with Crippen LogP contribution in [0.25, 0.3) is 15.8 Å². The van der Waals surface area contributed by atoms with Gasteiger partial charge in [0.15, 0.2) is 10.8 Å². The molecule has 0 radical (unpaired) electrons. The Morgan fingerprint density at radius 2 is 1.87 bits per heavy atom. The van der Waals surface area contributed by atoms with Crippen LogP contribution in [0.2, 0.25) is 0 Å². The molecule has 54 heavy (non-hydrogen) atoms. The smallest absolute Gasteiger partial charge is 0.355 e. The van der Waals surface area contributed by atoms with E-state index in [2.05, 4.69) is 62.1 Å². The molecule has 0 saturated heterocycles. The van der Waals surface area contributed by atoms with Gasteiger partial charge in [0.25, 0.3) is 5.91 Å². The van der Waals surface area contributed by atoms with Gasteiger partial charge in [-0.2, -0.15) is 0 Å². The van der Waals surface area contributed by atoms with E-state index in [4.69, 9.17) is 10.1 Å². The number of carboxylic acids is 1. The molecule has 1 fully saturated rings. The number of rotatable bonds is 13. The highest BCUT2D eigenvalue weighted by Crippen LogP contribution is 2.55. The molecule has 1 aliphatic heterocycles. The van der Waals surface area contributed by atoms with E-state index in [9.17, 15) is 14.7 Å². The molecule has 4 aromatic rings. The summed E-state index contributed by atoms with van der Waals surface area (Å²) >= 11 is 1.43. The first-order valence-corrected chi connectivity index (χ1v) is 19.8. The highest BCUT2D eigenvalue weighted by atomic mass is 32.1. The first-order valence-electron chi connectivity index (χ1n) is 19.0. The van der Waals surface area contributed by atoms with Crippen LogP contribution in [-0.4, -0.2) is 59.0 Å². The Balaban J connectivity index is 1.21. The molecule has 286 valence electrons. The average molecular weight is 751 g/mol. The second-order valence-electron chi connectivity index (χ2n) is 16.9. The van der Waals surface area contributed by atoms with Gasteiger partial charge in [-0.15, -0.1) is 0 Å². The second-order valence-corrected chi connectivity index (χ2v) is 17.9. The largest absolute Gasteiger partial charge is 0.476 e. The maximum Gasteiger partial charge on any atom is 0.355 e. The number of hydrogen-bond donors (Lipinski definition) is 4. The van der Waals surface area contributed by atoms with Crippen molar-refractivity contribution in [2.75, 3.05) is 29.9 Å². The molecule has 6 rings (SSSR count). The predicted octanol–water partition coefficient (Wildman–Crippen LogP) is 9.21. The van der Waals surface area contributed by atoms with Crippen LogP contribution in [0.15, 0.2) is 60.3 Å². The Bertz CT molecular complexity index is 2050. The summed E-state index contributed by atoms with van der Waals surface area (Å²) < 4.78 is 7.45. The highest BCUT2D eigenvalue weighted by Gasteiger charge is 2.51. The minimum absolute atomic E-state index is 0.0397. The molecular weight excluding hydrogens is 697 g/mol. The standard InChI is InChI=1S/C43H54N6O4S/c1-8-20-53-35-21-42(6,25-43(35,7)24-41(3,4)5)26-45-27(2)31(22-44)29-16-17-36(47-37(29)39(51)52)49-19-18-28-12-11-13-30(32(28)23-49)38(50)48-40-46-33-14-9-10-15-34(33)54-40/h9-17,22,35,44-45H,8,18-21,23-26H2,1-7H3,(H,51,52)(H,46,48,50)/b31-27+,44-22?. The number of fused-ring (bicyclic) bond motifs is 2. The first-order chi connectivity index (χ1) is 25.6. The van der Waals surface area contributed by atoms with Crippen molar-refractivity contribution < 1.29 is 19.4 Å². The molecule has 0 spiro atoms. The van der Waals surface area contributed by atoms with Crippen LogP contribution in [0, 0.1) is 21.7 Å². The van der Waals surface area contributed by atoms with Gasteiger partial charge < -0.3 is 25.5 Å². The zero-order valence-electron chi connectivity index (χ0n) is 32.6. The summed E-state index contributed by atoms with van der Waals surface area (Å²) in [7, 11) is 0. The number of benzene rings is 2. The van der Waals surface area contributed by atoms with Crippen LogP contribution >= 0.6 is 11.3 Å². The van der Waals surface area contributed by atoms with Crippen molar-refractivity contribution in [1.29, 1.82) is 5.41 Å². The number of aromatic carboxylic acids is 1. The summed E-state index contributed by atoms with van der Waals surface area (Å²) in [6, 6.07) is 17.1. The quantitative estimate of drug-likeness (QED) is 0.0992. The number of nitrogens with one attached hydrogen (secondary N) is 3. The molecule has 11 heteroatoms. The Morgan fingerprint density at radius 3 is 2.57 bits per heavy atom. The van der Waals surface area contributed by atoms with Gasteiger partial charge in [0.05, 0.1) is 16.3 Å². The minimum atomic E-state index is -1.16. The Kier molecular flexibility index (Phi) is 11.3. The Hall–Kier alpha value is -4.61. The van der Waals surface area contributed by atoms with Crippen LogP contribution in [0.1, 0.15) is 112 Å². The Morgan fingerprint density at radius 1 is 1.09 bits per heavy atom. The topological polar surface area (TPSA) is 141 Å². The average Bonchev–Trinajstić information content (AvgIpc) is 3.64. The molecule has 4 N–H and O–H groups in total. The molecular formula is C43H54N6O4S. The van der Waals surface area contributed by atoms with Crippen molar-refractivity contribution in [3.05, 3.63) is 88.2 Å². The van der Waals surface area contributed by atoms with E-state index < -0.39 is 5.97 Å². The number of para-hydroxylation sites is 1. The van der Waals surface area contributed by atoms with Crippen molar-refractivity contribution in [2.24, 2.45) is 16.2 Å². The number of hydrogen-bond acceptors (Lipinski definition) is 9. The number of carbonyl (C=O) groups is 2. The van der Waals surface area contributed by atoms with E-state index in [1.165, 1.54) is 17.6 Å². The third-order valence-electron chi connectivity index (χ3n) is 10.8. The molecule has 1 aliphatic carbocycles. The van der Waals surface area contributed by atoms with Gasteiger partial charge in [0.2, 0.25) is 0 Å². The van der Waals surface area contributed by atoms with Gasteiger partial charge in [-0.05, 0) is 96.7 Å². The van der Waals surface area contributed by atoms with Crippen molar-refractivity contribution >= 4 is 56.2 Å². The van der Waals surface area contributed by atoms with E-state index >= 15 is 0 Å². The normalized spacial score (nSPS) is 21.8. The van der Waals surface area contributed by atoms with E-state index in [0.717, 1.165) is 59.3 Å². The number of allylic oxidation sites excluding steroid dienone is 2. The second kappa shape index (κ2) is 15.6. The van der Waals surface area contributed by atoms with Crippen LogP contribution in [0.3, 0.4) is 0 Å². The fraction of sp³-hybridized carbons (Fsp3) is 0.465. The molecule has 10 nitrogen and oxygen atoms in total. The van der Waals surface area contributed by atoms with Crippen LogP contribution < -0.4 is 15.5 Å². The lowest BCUT2D eigenvalue weighted by molar-refractivity contribution is -0.0303. The molecule has 3 atom stereocenters. The number of carboxylic acid groups (broad SMARTS) is 1. The fourth-order valence-electron chi connectivity index (χ4n) is 8.81. The monoisotopic (exact) mass is 750 g/mol. The number of pyridine rings is 1. The van der Waals surface area contributed by atoms with Crippen LogP contribution in [0.4, 0.5) is 10.9 Å². The SMILES string of the molecule is CCCOC1CC(C)(CN/C(C)=C(\C=N)c2ccc(N3CCc4cccc(C(=O)Nc5nc6ccccc6s5)c4C3)nc2C(=O)O)CC1(C)CC(C)(C)C. The number of ether oxygens (including phenoxy) is 1. The lowest BCUT2D eigenvalue weighted by Gasteiger charge is -2.37. The zero-order chi connectivity index (χ0) is 38.8. The third kappa shape index (κ3) is 8.52. The van der Waals surface area contributed by atoms with E-state index in [-0.39, 0.29) is 34.0 Å². The van der Waals surface area contributed by atoms with Crippen LogP contribution in [-0.2, 0) is 17.7 Å². The zero-order valence-corrected chi connectivity index (χ0v) is 33.5. The summed E-state index contributed by atoms with van der Waals surface area (Å²) in [5, 5.41) is 25.9. The lowest BCUT2D eigenvalue weighted by Crippen LogP contribution is -2.34. The van der Waals surface area contributed by atoms with E-state index in [1.54, 1.807) is 6.07 Å². The minimum Gasteiger partial charge on any atom is -0.476 e. The molecule has 2 aromatic carbocycles. The highest BCUT2D eigenvalue weighted by molar-refractivity contribution is 7.22. The molecule has 1 amide bonds. The number of nitrogens with zero attached hydrogens (tertiary/aromatic N) is 3. The van der Waals surface area contributed by atoms with Gasteiger partial charge in [0, 0.05) is 54.9 Å². The molecule has 2 aromatic heterocycles. The van der Waals surface area contributed by atoms with E-state index in [1.807, 2.05) is 60.4 Å². The van der Waals surface area contributed by atoms with Gasteiger partial charge in [-0.1, -0.05) is 77.1 Å². The Labute approximate surface area is 323 Å². The van der Waals surface area contributed by atoms with Gasteiger partial charge in [0.1, 0.15) is 5.82 Å².